The number of benzene rings is 1. The first-order valence-corrected chi connectivity index (χ1v) is 7.85. The van der Waals surface area contributed by atoms with Gasteiger partial charge in [-0.1, -0.05) is 0 Å². The Kier molecular flexibility index (Phi) is 6.69. The average molecular weight is 365 g/mol. The molecule has 1 aliphatic heterocycles. The van der Waals surface area contributed by atoms with E-state index in [1.807, 2.05) is 19.9 Å². The molecule has 25 heavy (non-hydrogen) atoms. The van der Waals surface area contributed by atoms with Crippen molar-refractivity contribution in [3.63, 3.8) is 0 Å². The number of hydrogen-bond acceptors (Lipinski definition) is 6. The van der Waals surface area contributed by atoms with Gasteiger partial charge in [-0.05, 0) is 43.7 Å². The van der Waals surface area contributed by atoms with Crippen LogP contribution in [0.5, 0.6) is 11.8 Å². The number of carbonyl (C=O) groups is 1. The van der Waals surface area contributed by atoms with E-state index in [9.17, 15) is 4.79 Å². The monoisotopic (exact) mass is 364 g/mol. The number of amides is 1. The molecule has 2 aromatic rings. The lowest BCUT2D eigenvalue weighted by molar-refractivity contribution is -0.123. The molecule has 0 saturated carbocycles. The Morgan fingerprint density at radius 2 is 2.12 bits per heavy atom. The number of rotatable bonds is 4. The zero-order valence-electron chi connectivity index (χ0n) is 14.1. The predicted molar refractivity (Wildman–Crippen MR) is 96.4 cm³/mol. The van der Waals surface area contributed by atoms with E-state index in [0.717, 1.165) is 11.3 Å². The lowest BCUT2D eigenvalue weighted by atomic mass is 10.1. The average Bonchev–Trinajstić information content (AvgIpc) is 2.58. The molecule has 0 spiro atoms. The summed E-state index contributed by atoms with van der Waals surface area (Å²) in [6.07, 6.45) is 3.07. The number of anilines is 1. The molecule has 1 aromatic heterocycles. The summed E-state index contributed by atoms with van der Waals surface area (Å²) in [6, 6.07) is 7.06. The van der Waals surface area contributed by atoms with Crippen LogP contribution in [0, 0.1) is 6.92 Å². The number of ether oxygens (including phenoxy) is 2. The van der Waals surface area contributed by atoms with Gasteiger partial charge in [-0.25, -0.2) is 9.97 Å². The maximum atomic E-state index is 12.4. The Hall–Kier alpha value is -2.22. The van der Waals surface area contributed by atoms with Crippen LogP contribution in [-0.4, -0.2) is 41.2 Å². The van der Waals surface area contributed by atoms with Crippen LogP contribution in [0.2, 0.25) is 0 Å². The van der Waals surface area contributed by atoms with Crippen molar-refractivity contribution in [2.24, 2.45) is 0 Å². The van der Waals surface area contributed by atoms with Crippen LogP contribution in [0.25, 0.3) is 0 Å². The van der Waals surface area contributed by atoms with Gasteiger partial charge in [0, 0.05) is 24.6 Å². The molecule has 1 amide bonds. The number of halogens is 1. The van der Waals surface area contributed by atoms with Gasteiger partial charge in [-0.15, -0.1) is 12.4 Å². The van der Waals surface area contributed by atoms with Gasteiger partial charge in [0.25, 0.3) is 0 Å². The van der Waals surface area contributed by atoms with Crippen LogP contribution >= 0.6 is 12.4 Å². The van der Waals surface area contributed by atoms with Gasteiger partial charge in [0.15, 0.2) is 0 Å². The largest absolute Gasteiger partial charge is 0.424 e. The van der Waals surface area contributed by atoms with Gasteiger partial charge in [0.2, 0.25) is 5.91 Å². The number of morpholine rings is 1. The van der Waals surface area contributed by atoms with Crippen molar-refractivity contribution in [1.82, 2.24) is 15.3 Å². The molecule has 134 valence electrons. The second-order valence-electron chi connectivity index (χ2n) is 5.61. The first-order valence-electron chi connectivity index (χ1n) is 7.85. The van der Waals surface area contributed by atoms with E-state index in [2.05, 4.69) is 20.6 Å². The van der Waals surface area contributed by atoms with Crippen LogP contribution < -0.4 is 15.4 Å². The van der Waals surface area contributed by atoms with Crippen LogP contribution in [0.4, 0.5) is 5.69 Å². The minimum atomic E-state index is -0.355. The minimum absolute atomic E-state index is 0. The summed E-state index contributed by atoms with van der Waals surface area (Å²) in [4.78, 5) is 20.4. The number of nitrogens with one attached hydrogen (secondary N) is 2. The molecule has 2 atom stereocenters. The molecular weight excluding hydrogens is 344 g/mol. The molecule has 7 nitrogen and oxygen atoms in total. The molecule has 1 fully saturated rings. The fourth-order valence-corrected chi connectivity index (χ4v) is 2.52. The maximum absolute atomic E-state index is 12.4. The standard InChI is InChI=1S/C17H20N4O3.ClH/c1-11-10-13(24-17-19-6-3-7-20-17)4-5-14(11)21-16(22)15-12(2)23-9-8-18-15;/h3-7,10,12,15,18H,8-9H2,1-2H3,(H,21,22);1H/t12-,15+;/m1./s1. The van der Waals surface area contributed by atoms with Crippen molar-refractivity contribution in [2.45, 2.75) is 26.0 Å². The SMILES string of the molecule is Cc1cc(Oc2ncccn2)ccc1NC(=O)[C@H]1NCCO[C@@H]1C.Cl. The molecule has 2 N–H and O–H groups in total. The topological polar surface area (TPSA) is 85.4 Å². The molecule has 1 saturated heterocycles. The normalized spacial score (nSPS) is 19.6. The Morgan fingerprint density at radius 1 is 1.36 bits per heavy atom. The Labute approximate surface area is 152 Å². The van der Waals surface area contributed by atoms with Crippen molar-refractivity contribution in [2.75, 3.05) is 18.5 Å². The summed E-state index contributed by atoms with van der Waals surface area (Å²) in [7, 11) is 0. The lowest BCUT2D eigenvalue weighted by Gasteiger charge is -2.29. The quantitative estimate of drug-likeness (QED) is 0.866. The second kappa shape index (κ2) is 8.75. The zero-order chi connectivity index (χ0) is 16.9. The van der Waals surface area contributed by atoms with Crippen molar-refractivity contribution >= 4 is 24.0 Å². The van der Waals surface area contributed by atoms with E-state index in [0.29, 0.717) is 18.9 Å². The summed E-state index contributed by atoms with van der Waals surface area (Å²) >= 11 is 0. The summed E-state index contributed by atoms with van der Waals surface area (Å²) in [6.45, 7) is 5.09. The van der Waals surface area contributed by atoms with Gasteiger partial charge in [-0.2, -0.15) is 0 Å². The van der Waals surface area contributed by atoms with Gasteiger partial charge in [0.05, 0.1) is 12.7 Å². The number of hydrogen-bond donors (Lipinski definition) is 2. The highest BCUT2D eigenvalue weighted by Crippen LogP contribution is 2.24. The third-order valence-corrected chi connectivity index (χ3v) is 3.81. The van der Waals surface area contributed by atoms with Crippen molar-refractivity contribution < 1.29 is 14.3 Å². The first kappa shape index (κ1) is 19.1. The summed E-state index contributed by atoms with van der Waals surface area (Å²) in [5.41, 5.74) is 1.63. The molecule has 0 unspecified atom stereocenters. The zero-order valence-corrected chi connectivity index (χ0v) is 14.9. The fourth-order valence-electron chi connectivity index (χ4n) is 2.52. The Bertz CT molecular complexity index is 714. The first-order chi connectivity index (χ1) is 11.6. The highest BCUT2D eigenvalue weighted by molar-refractivity contribution is 5.96. The highest BCUT2D eigenvalue weighted by atomic mass is 35.5. The number of nitrogens with zero attached hydrogens (tertiary/aromatic N) is 2. The van der Waals surface area contributed by atoms with Crippen LogP contribution in [0.1, 0.15) is 12.5 Å². The van der Waals surface area contributed by atoms with Crippen molar-refractivity contribution in [3.8, 4) is 11.8 Å². The van der Waals surface area contributed by atoms with Gasteiger partial charge in [0.1, 0.15) is 11.8 Å². The van der Waals surface area contributed by atoms with E-state index in [4.69, 9.17) is 9.47 Å². The Morgan fingerprint density at radius 3 is 2.80 bits per heavy atom. The second-order valence-corrected chi connectivity index (χ2v) is 5.61. The maximum Gasteiger partial charge on any atom is 0.321 e. The summed E-state index contributed by atoms with van der Waals surface area (Å²) in [5, 5.41) is 6.11. The molecule has 3 rings (SSSR count). The van der Waals surface area contributed by atoms with Gasteiger partial charge in [-0.3, -0.25) is 4.79 Å². The summed E-state index contributed by atoms with van der Waals surface area (Å²) in [5.74, 6) is 0.509. The highest BCUT2D eigenvalue weighted by Gasteiger charge is 2.28. The minimum Gasteiger partial charge on any atom is -0.424 e. The van der Waals surface area contributed by atoms with E-state index in [1.165, 1.54) is 0 Å². The predicted octanol–water partition coefficient (Wildman–Crippen LogP) is 2.31. The number of aromatic nitrogens is 2. The van der Waals surface area contributed by atoms with Crippen LogP contribution in [0.3, 0.4) is 0 Å². The molecule has 0 bridgehead atoms. The van der Waals surface area contributed by atoms with E-state index in [-0.39, 0.29) is 36.5 Å². The fraction of sp³-hybridized carbons (Fsp3) is 0.353. The van der Waals surface area contributed by atoms with E-state index < -0.39 is 0 Å². The molecule has 0 aliphatic carbocycles. The molecular formula is C17H21ClN4O3. The van der Waals surface area contributed by atoms with E-state index >= 15 is 0 Å². The van der Waals surface area contributed by atoms with E-state index in [1.54, 1.807) is 30.6 Å². The molecule has 2 heterocycles. The molecule has 1 aromatic carbocycles. The number of carbonyl (C=O) groups excluding carboxylic acids is 1. The van der Waals surface area contributed by atoms with Crippen molar-refractivity contribution in [3.05, 3.63) is 42.2 Å². The van der Waals surface area contributed by atoms with Crippen LogP contribution in [-0.2, 0) is 9.53 Å². The lowest BCUT2D eigenvalue weighted by Crippen LogP contribution is -2.53. The third-order valence-electron chi connectivity index (χ3n) is 3.81. The Balaban J connectivity index is 0.00000225. The molecule has 0 radical (unpaired) electrons. The summed E-state index contributed by atoms with van der Waals surface area (Å²) < 4.78 is 11.1. The molecule has 1 aliphatic rings. The van der Waals surface area contributed by atoms with Crippen LogP contribution in [0.15, 0.2) is 36.7 Å². The van der Waals surface area contributed by atoms with Gasteiger partial charge >= 0.3 is 6.01 Å². The molecule has 8 heteroatoms. The third kappa shape index (κ3) is 4.88. The van der Waals surface area contributed by atoms with Crippen molar-refractivity contribution in [1.29, 1.82) is 0 Å². The number of aryl methyl sites for hydroxylation is 1. The smallest absolute Gasteiger partial charge is 0.321 e. The van der Waals surface area contributed by atoms with Gasteiger partial charge < -0.3 is 20.1 Å².